The van der Waals surface area contributed by atoms with E-state index >= 15 is 0 Å². The SMILES string of the molecule is CCC(N)CSCc1cc2ccccc2nc1Cl. The molecular weight excluding hydrogens is 264 g/mol. The Hall–Kier alpha value is -0.770. The van der Waals surface area contributed by atoms with E-state index in [1.807, 2.05) is 30.0 Å². The van der Waals surface area contributed by atoms with E-state index in [0.717, 1.165) is 34.4 Å². The van der Waals surface area contributed by atoms with E-state index in [4.69, 9.17) is 17.3 Å². The predicted molar refractivity (Wildman–Crippen MR) is 81.2 cm³/mol. The summed E-state index contributed by atoms with van der Waals surface area (Å²) in [5.74, 6) is 1.82. The number of aromatic nitrogens is 1. The van der Waals surface area contributed by atoms with Crippen molar-refractivity contribution in [3.8, 4) is 0 Å². The zero-order valence-electron chi connectivity index (χ0n) is 10.4. The lowest BCUT2D eigenvalue weighted by atomic mass is 10.2. The summed E-state index contributed by atoms with van der Waals surface area (Å²) >= 11 is 8.01. The van der Waals surface area contributed by atoms with E-state index in [1.54, 1.807) is 0 Å². The fraction of sp³-hybridized carbons (Fsp3) is 0.357. The average Bonchev–Trinajstić information content (AvgIpc) is 2.39. The molecule has 0 aliphatic carbocycles. The number of nitrogens with zero attached hydrogens (tertiary/aromatic N) is 1. The molecule has 0 radical (unpaired) electrons. The van der Waals surface area contributed by atoms with E-state index in [0.29, 0.717) is 5.15 Å². The zero-order valence-corrected chi connectivity index (χ0v) is 12.0. The van der Waals surface area contributed by atoms with Crippen LogP contribution in [0.3, 0.4) is 0 Å². The normalized spacial score (nSPS) is 12.8. The van der Waals surface area contributed by atoms with Gasteiger partial charge in [-0.2, -0.15) is 11.8 Å². The van der Waals surface area contributed by atoms with Gasteiger partial charge in [-0.15, -0.1) is 0 Å². The third-order valence-electron chi connectivity index (χ3n) is 2.86. The molecule has 0 bridgehead atoms. The molecule has 1 unspecified atom stereocenters. The third kappa shape index (κ3) is 3.37. The fourth-order valence-corrected chi connectivity index (χ4v) is 3.06. The lowest BCUT2D eigenvalue weighted by molar-refractivity contribution is 0.725. The first-order chi connectivity index (χ1) is 8.70. The zero-order chi connectivity index (χ0) is 13.0. The number of halogens is 1. The third-order valence-corrected chi connectivity index (χ3v) is 4.37. The highest BCUT2D eigenvalue weighted by Crippen LogP contribution is 2.24. The first-order valence-electron chi connectivity index (χ1n) is 6.08. The summed E-state index contributed by atoms with van der Waals surface area (Å²) in [6.07, 6.45) is 1.01. The van der Waals surface area contributed by atoms with Crippen molar-refractivity contribution in [2.45, 2.75) is 25.1 Å². The summed E-state index contributed by atoms with van der Waals surface area (Å²) in [5.41, 5.74) is 7.93. The van der Waals surface area contributed by atoms with Crippen LogP contribution in [-0.4, -0.2) is 16.8 Å². The van der Waals surface area contributed by atoms with Crippen molar-refractivity contribution in [1.29, 1.82) is 0 Å². The number of fused-ring (bicyclic) bond motifs is 1. The molecule has 0 aliphatic heterocycles. The van der Waals surface area contributed by atoms with Crippen molar-refractivity contribution in [2.75, 3.05) is 5.75 Å². The predicted octanol–water partition coefficient (Wildman–Crippen LogP) is 3.86. The van der Waals surface area contributed by atoms with Crippen LogP contribution in [0.4, 0.5) is 0 Å². The van der Waals surface area contributed by atoms with Gasteiger partial charge in [-0.3, -0.25) is 0 Å². The van der Waals surface area contributed by atoms with Crippen LogP contribution in [0.5, 0.6) is 0 Å². The summed E-state index contributed by atoms with van der Waals surface area (Å²) in [6.45, 7) is 2.11. The number of pyridine rings is 1. The van der Waals surface area contributed by atoms with Gasteiger partial charge in [0.2, 0.25) is 0 Å². The molecule has 2 rings (SSSR count). The van der Waals surface area contributed by atoms with Gasteiger partial charge >= 0.3 is 0 Å². The van der Waals surface area contributed by atoms with Gasteiger partial charge in [0.05, 0.1) is 5.52 Å². The molecule has 1 atom stereocenters. The summed E-state index contributed by atoms with van der Waals surface area (Å²) in [6, 6.07) is 10.4. The first-order valence-corrected chi connectivity index (χ1v) is 7.61. The molecule has 0 fully saturated rings. The Morgan fingerprint density at radius 3 is 2.94 bits per heavy atom. The minimum absolute atomic E-state index is 0.266. The molecule has 0 saturated heterocycles. The maximum Gasteiger partial charge on any atom is 0.133 e. The number of thioether (sulfide) groups is 1. The molecule has 1 heterocycles. The van der Waals surface area contributed by atoms with Gasteiger partial charge in [0.15, 0.2) is 0 Å². The maximum absolute atomic E-state index is 6.20. The highest BCUT2D eigenvalue weighted by molar-refractivity contribution is 7.98. The average molecular weight is 281 g/mol. The topological polar surface area (TPSA) is 38.9 Å². The lowest BCUT2D eigenvalue weighted by Crippen LogP contribution is -2.21. The Bertz CT molecular complexity index is 530. The molecule has 2 nitrogen and oxygen atoms in total. The fourth-order valence-electron chi connectivity index (χ4n) is 1.68. The van der Waals surface area contributed by atoms with Crippen molar-refractivity contribution in [2.24, 2.45) is 5.73 Å². The summed E-state index contributed by atoms with van der Waals surface area (Å²) in [4.78, 5) is 4.41. The first kappa shape index (κ1) is 13.7. The second-order valence-corrected chi connectivity index (χ2v) is 5.70. The Kier molecular flexibility index (Phi) is 4.87. The molecule has 18 heavy (non-hydrogen) atoms. The Morgan fingerprint density at radius 1 is 1.39 bits per heavy atom. The van der Waals surface area contributed by atoms with Gasteiger partial charge in [-0.1, -0.05) is 36.7 Å². The Balaban J connectivity index is 2.10. The highest BCUT2D eigenvalue weighted by Gasteiger charge is 2.06. The highest BCUT2D eigenvalue weighted by atomic mass is 35.5. The minimum Gasteiger partial charge on any atom is -0.327 e. The molecule has 0 saturated carbocycles. The number of hydrogen-bond acceptors (Lipinski definition) is 3. The maximum atomic E-state index is 6.20. The van der Waals surface area contributed by atoms with E-state index in [2.05, 4.69) is 24.0 Å². The van der Waals surface area contributed by atoms with Crippen LogP contribution in [0.2, 0.25) is 5.15 Å². The Labute approximate surface area is 117 Å². The molecule has 1 aromatic heterocycles. The number of hydrogen-bond donors (Lipinski definition) is 1. The van der Waals surface area contributed by atoms with E-state index in [9.17, 15) is 0 Å². The van der Waals surface area contributed by atoms with E-state index in [1.165, 1.54) is 0 Å². The summed E-state index contributed by atoms with van der Waals surface area (Å²) < 4.78 is 0. The summed E-state index contributed by atoms with van der Waals surface area (Å²) in [5, 5.41) is 1.74. The van der Waals surface area contributed by atoms with Crippen LogP contribution in [0.25, 0.3) is 10.9 Å². The smallest absolute Gasteiger partial charge is 0.133 e. The molecule has 1 aromatic carbocycles. The molecule has 4 heteroatoms. The summed E-state index contributed by atoms with van der Waals surface area (Å²) in [7, 11) is 0. The van der Waals surface area contributed by atoms with Gasteiger partial charge in [0.1, 0.15) is 5.15 Å². The van der Waals surface area contributed by atoms with E-state index in [-0.39, 0.29) is 6.04 Å². The second-order valence-electron chi connectivity index (χ2n) is 4.31. The molecule has 0 amide bonds. The lowest BCUT2D eigenvalue weighted by Gasteiger charge is -2.09. The van der Waals surface area contributed by atoms with Crippen LogP contribution in [0.15, 0.2) is 30.3 Å². The van der Waals surface area contributed by atoms with Crippen molar-refractivity contribution < 1.29 is 0 Å². The van der Waals surface area contributed by atoms with Crippen molar-refractivity contribution in [3.05, 3.63) is 41.0 Å². The number of rotatable bonds is 5. The number of nitrogens with two attached hydrogens (primary N) is 1. The molecule has 96 valence electrons. The molecule has 0 spiro atoms. The van der Waals surface area contributed by atoms with Crippen LogP contribution < -0.4 is 5.73 Å². The molecule has 2 aromatic rings. The number of benzene rings is 1. The van der Waals surface area contributed by atoms with Crippen LogP contribution >= 0.6 is 23.4 Å². The van der Waals surface area contributed by atoms with Gasteiger partial charge in [-0.25, -0.2) is 4.98 Å². The number of para-hydroxylation sites is 1. The second kappa shape index (κ2) is 6.41. The largest absolute Gasteiger partial charge is 0.327 e. The van der Waals surface area contributed by atoms with E-state index < -0.39 is 0 Å². The van der Waals surface area contributed by atoms with Gasteiger partial charge < -0.3 is 5.73 Å². The van der Waals surface area contributed by atoms with Crippen molar-refractivity contribution in [3.63, 3.8) is 0 Å². The minimum atomic E-state index is 0.266. The monoisotopic (exact) mass is 280 g/mol. The molecule has 2 N–H and O–H groups in total. The van der Waals surface area contributed by atoms with Crippen LogP contribution in [-0.2, 0) is 5.75 Å². The van der Waals surface area contributed by atoms with Gasteiger partial charge in [0.25, 0.3) is 0 Å². The molecule has 0 aliphatic rings. The van der Waals surface area contributed by atoms with Crippen molar-refractivity contribution in [1.82, 2.24) is 4.98 Å². The van der Waals surface area contributed by atoms with Gasteiger partial charge in [-0.05, 0) is 18.6 Å². The molecular formula is C14H17ClN2S. The van der Waals surface area contributed by atoms with Crippen LogP contribution in [0, 0.1) is 0 Å². The quantitative estimate of drug-likeness (QED) is 0.846. The van der Waals surface area contributed by atoms with Crippen LogP contribution in [0.1, 0.15) is 18.9 Å². The van der Waals surface area contributed by atoms with Gasteiger partial charge in [0, 0.05) is 28.5 Å². The standard InChI is InChI=1S/C14H17ClN2S/c1-2-12(16)9-18-8-11-7-10-5-3-4-6-13(10)17-14(11)15/h3-7,12H,2,8-9,16H2,1H3. The van der Waals surface area contributed by atoms with Crippen molar-refractivity contribution >= 4 is 34.3 Å². The Morgan fingerprint density at radius 2 is 2.17 bits per heavy atom.